The van der Waals surface area contributed by atoms with Gasteiger partial charge in [0.15, 0.2) is 11.4 Å². The van der Waals surface area contributed by atoms with Crippen LogP contribution in [0.1, 0.15) is 37.5 Å². The Kier molecular flexibility index (Phi) is 5.97. The summed E-state index contributed by atoms with van der Waals surface area (Å²) in [6.45, 7) is -0.543. The Bertz CT molecular complexity index is 1370. The van der Waals surface area contributed by atoms with Gasteiger partial charge in [0.25, 0.3) is 5.91 Å². The van der Waals surface area contributed by atoms with Crippen molar-refractivity contribution in [2.45, 2.75) is 19.3 Å². The van der Waals surface area contributed by atoms with Crippen LogP contribution in [0.4, 0.5) is 17.6 Å². The highest BCUT2D eigenvalue weighted by atomic mass is 19.4. The first-order chi connectivity index (χ1) is 16.5. The summed E-state index contributed by atoms with van der Waals surface area (Å²) in [4.78, 5) is 38.2. The number of pyridine rings is 1. The maximum Gasteiger partial charge on any atom is 0.416 e. The SMILES string of the molecule is O=C(O)c1cn2c(c(O)c1=O)C(=O)N(Cc1ccc(F)cc1)CN2Cc1cccc(C(F)(F)F)c1. The molecule has 2 aromatic carbocycles. The molecule has 35 heavy (non-hydrogen) atoms. The average Bonchev–Trinajstić information content (AvgIpc) is 2.79. The van der Waals surface area contributed by atoms with E-state index in [1.54, 1.807) is 0 Å². The van der Waals surface area contributed by atoms with Crippen LogP contribution in [-0.4, -0.2) is 38.3 Å². The molecule has 0 saturated carbocycles. The lowest BCUT2D eigenvalue weighted by Gasteiger charge is -2.40. The van der Waals surface area contributed by atoms with Crippen molar-refractivity contribution in [2.75, 3.05) is 11.7 Å². The van der Waals surface area contributed by atoms with E-state index in [-0.39, 0.29) is 25.3 Å². The van der Waals surface area contributed by atoms with E-state index in [2.05, 4.69) is 0 Å². The molecule has 182 valence electrons. The number of carbonyl (C=O) groups is 2. The zero-order chi connectivity index (χ0) is 25.5. The Labute approximate surface area is 194 Å². The Morgan fingerprint density at radius 3 is 2.31 bits per heavy atom. The van der Waals surface area contributed by atoms with Gasteiger partial charge in [0.1, 0.15) is 18.0 Å². The second-order valence-electron chi connectivity index (χ2n) is 7.85. The number of aromatic carboxylic acids is 1. The lowest BCUT2D eigenvalue weighted by Crippen LogP contribution is -2.53. The number of rotatable bonds is 5. The molecule has 0 aliphatic carbocycles. The summed E-state index contributed by atoms with van der Waals surface area (Å²) in [5, 5.41) is 21.1. The molecule has 2 N–H and O–H groups in total. The fraction of sp³-hybridized carbons (Fsp3) is 0.174. The summed E-state index contributed by atoms with van der Waals surface area (Å²) in [7, 11) is 0. The maximum absolute atomic E-state index is 13.3. The summed E-state index contributed by atoms with van der Waals surface area (Å²) in [5.41, 5.74) is -2.85. The van der Waals surface area contributed by atoms with Gasteiger partial charge in [0.05, 0.1) is 12.1 Å². The second kappa shape index (κ2) is 8.78. The molecule has 8 nitrogen and oxygen atoms in total. The number of amides is 1. The number of hydrogen-bond acceptors (Lipinski definition) is 5. The highest BCUT2D eigenvalue weighted by Gasteiger charge is 2.35. The minimum Gasteiger partial charge on any atom is -0.502 e. The molecule has 1 aliphatic heterocycles. The number of nitrogens with zero attached hydrogens (tertiary/aromatic N) is 3. The Hall–Kier alpha value is -4.35. The molecule has 0 saturated heterocycles. The first-order valence-corrected chi connectivity index (χ1v) is 10.1. The van der Waals surface area contributed by atoms with Crippen LogP contribution in [0.15, 0.2) is 59.5 Å². The van der Waals surface area contributed by atoms with E-state index in [0.29, 0.717) is 5.56 Å². The molecule has 4 rings (SSSR count). The molecule has 0 spiro atoms. The predicted molar refractivity (Wildman–Crippen MR) is 114 cm³/mol. The summed E-state index contributed by atoms with van der Waals surface area (Å²) in [6, 6.07) is 9.62. The molecule has 0 atom stereocenters. The van der Waals surface area contributed by atoms with Gasteiger partial charge in [0.2, 0.25) is 5.43 Å². The molecule has 0 unspecified atom stereocenters. The van der Waals surface area contributed by atoms with Gasteiger partial charge >= 0.3 is 12.1 Å². The van der Waals surface area contributed by atoms with Crippen molar-refractivity contribution >= 4 is 11.9 Å². The van der Waals surface area contributed by atoms with Crippen LogP contribution in [0, 0.1) is 5.82 Å². The number of halogens is 4. The third-order valence-corrected chi connectivity index (χ3v) is 5.43. The van der Waals surface area contributed by atoms with Crippen LogP contribution >= 0.6 is 0 Å². The number of carboxylic acids is 1. The second-order valence-corrected chi connectivity index (χ2v) is 7.85. The Morgan fingerprint density at radius 1 is 1.00 bits per heavy atom. The standard InChI is InChI=1S/C23H17F4N3O5/c24-16-6-4-13(5-7-16)9-28-12-29(10-14-2-1-3-15(8-14)23(25,26)27)30-11-17(22(34)35)19(31)20(32)18(30)21(28)33/h1-8,11,32H,9-10,12H2,(H,34,35). The molecular weight excluding hydrogens is 474 g/mol. The van der Waals surface area contributed by atoms with Gasteiger partial charge in [0, 0.05) is 12.7 Å². The molecule has 1 aliphatic rings. The summed E-state index contributed by atoms with van der Waals surface area (Å²) >= 11 is 0. The van der Waals surface area contributed by atoms with Crippen LogP contribution < -0.4 is 10.4 Å². The molecule has 1 amide bonds. The minimum absolute atomic E-state index is 0.0769. The largest absolute Gasteiger partial charge is 0.502 e. The highest BCUT2D eigenvalue weighted by molar-refractivity contribution is 5.97. The van der Waals surface area contributed by atoms with E-state index in [1.807, 2.05) is 0 Å². The van der Waals surface area contributed by atoms with Crippen molar-refractivity contribution in [1.82, 2.24) is 9.58 Å². The fourth-order valence-corrected chi connectivity index (χ4v) is 3.76. The van der Waals surface area contributed by atoms with Gasteiger partial charge in [-0.25, -0.2) is 9.18 Å². The minimum atomic E-state index is -4.60. The van der Waals surface area contributed by atoms with Gasteiger partial charge in [-0.15, -0.1) is 0 Å². The third kappa shape index (κ3) is 4.67. The summed E-state index contributed by atoms with van der Waals surface area (Å²) in [6.07, 6.45) is -3.75. The quantitative estimate of drug-likeness (QED) is 0.532. The van der Waals surface area contributed by atoms with Gasteiger partial charge in [-0.2, -0.15) is 13.2 Å². The van der Waals surface area contributed by atoms with Crippen molar-refractivity contribution in [3.8, 4) is 5.75 Å². The van der Waals surface area contributed by atoms with E-state index in [0.717, 1.165) is 23.0 Å². The smallest absolute Gasteiger partial charge is 0.416 e. The normalized spacial score (nSPS) is 13.7. The lowest BCUT2D eigenvalue weighted by molar-refractivity contribution is -0.137. The number of carbonyl (C=O) groups excluding carboxylic acids is 1. The van der Waals surface area contributed by atoms with Crippen molar-refractivity contribution in [1.29, 1.82) is 0 Å². The first kappa shape index (κ1) is 23.8. The monoisotopic (exact) mass is 491 g/mol. The van der Waals surface area contributed by atoms with Gasteiger partial charge < -0.3 is 15.1 Å². The Morgan fingerprint density at radius 2 is 1.69 bits per heavy atom. The zero-order valence-corrected chi connectivity index (χ0v) is 17.8. The third-order valence-electron chi connectivity index (χ3n) is 5.43. The number of aromatic hydroxyl groups is 1. The molecular formula is C23H17F4N3O5. The molecule has 0 radical (unpaired) electrons. The van der Waals surface area contributed by atoms with Crippen LogP contribution in [0.3, 0.4) is 0 Å². The molecule has 2 heterocycles. The van der Waals surface area contributed by atoms with Crippen LogP contribution in [0.25, 0.3) is 0 Å². The number of alkyl halides is 3. The Balaban J connectivity index is 1.79. The van der Waals surface area contributed by atoms with Gasteiger partial charge in [-0.1, -0.05) is 24.3 Å². The molecule has 0 fully saturated rings. The van der Waals surface area contributed by atoms with Gasteiger partial charge in [-0.05, 0) is 35.4 Å². The number of benzene rings is 2. The topological polar surface area (TPSA) is 103 Å². The van der Waals surface area contributed by atoms with E-state index in [1.165, 1.54) is 46.3 Å². The van der Waals surface area contributed by atoms with Crippen molar-refractivity contribution in [2.24, 2.45) is 0 Å². The van der Waals surface area contributed by atoms with Crippen molar-refractivity contribution < 1.29 is 37.4 Å². The van der Waals surface area contributed by atoms with Crippen LogP contribution in [0.5, 0.6) is 5.75 Å². The van der Waals surface area contributed by atoms with Crippen LogP contribution in [-0.2, 0) is 19.3 Å². The number of fused-ring (bicyclic) bond motifs is 1. The maximum atomic E-state index is 13.3. The van der Waals surface area contributed by atoms with E-state index < -0.39 is 51.9 Å². The number of hydrogen-bond donors (Lipinski definition) is 2. The van der Waals surface area contributed by atoms with E-state index in [9.17, 15) is 42.2 Å². The number of aromatic nitrogens is 1. The number of carboxylic acid groups (broad SMARTS) is 1. The van der Waals surface area contributed by atoms with Crippen molar-refractivity contribution in [3.05, 3.63) is 98.7 Å². The average molecular weight is 491 g/mol. The first-order valence-electron chi connectivity index (χ1n) is 10.1. The van der Waals surface area contributed by atoms with Crippen molar-refractivity contribution in [3.63, 3.8) is 0 Å². The molecule has 3 aromatic rings. The predicted octanol–water partition coefficient (Wildman–Crippen LogP) is 3.16. The van der Waals surface area contributed by atoms with Gasteiger partial charge in [-0.3, -0.25) is 19.3 Å². The zero-order valence-electron chi connectivity index (χ0n) is 17.8. The van der Waals surface area contributed by atoms with E-state index in [4.69, 9.17) is 0 Å². The van der Waals surface area contributed by atoms with Crippen LogP contribution in [0.2, 0.25) is 0 Å². The molecule has 1 aromatic heterocycles. The fourth-order valence-electron chi connectivity index (χ4n) is 3.76. The summed E-state index contributed by atoms with van der Waals surface area (Å²) < 4.78 is 53.8. The molecule has 12 heteroatoms. The van der Waals surface area contributed by atoms with E-state index >= 15 is 0 Å². The highest BCUT2D eigenvalue weighted by Crippen LogP contribution is 2.30. The lowest BCUT2D eigenvalue weighted by atomic mass is 10.1. The summed E-state index contributed by atoms with van der Waals surface area (Å²) in [5.74, 6) is -4.07. The molecule has 0 bridgehead atoms.